The van der Waals surface area contributed by atoms with Gasteiger partial charge in [-0.1, -0.05) is 48.4 Å². The third-order valence-corrected chi connectivity index (χ3v) is 6.56. The van der Waals surface area contributed by atoms with Gasteiger partial charge in [-0.25, -0.2) is 4.79 Å². The highest BCUT2D eigenvalue weighted by molar-refractivity contribution is 6.32. The van der Waals surface area contributed by atoms with Crippen molar-refractivity contribution in [3.05, 3.63) is 100 Å². The molecule has 0 amide bonds. The lowest BCUT2D eigenvalue weighted by molar-refractivity contribution is -0.131. The zero-order valence-corrected chi connectivity index (χ0v) is 18.9. The first kappa shape index (κ1) is 22.0. The predicted octanol–water partition coefficient (Wildman–Crippen LogP) is 6.61. The van der Waals surface area contributed by atoms with Gasteiger partial charge in [0.05, 0.1) is 15.9 Å². The van der Waals surface area contributed by atoms with E-state index in [1.54, 1.807) is 24.5 Å². The average Bonchev–Trinajstić information content (AvgIpc) is 3.17. The van der Waals surface area contributed by atoms with Gasteiger partial charge in [-0.05, 0) is 70.9 Å². The normalized spacial score (nSPS) is 14.9. The highest BCUT2D eigenvalue weighted by atomic mass is 35.5. The Hall–Kier alpha value is -3.77. The number of aromatic amines is 1. The fourth-order valence-electron chi connectivity index (χ4n) is 4.39. The number of allylic oxidation sites excluding steroid dienone is 1. The molecule has 5 rings (SSSR count). The zero-order valence-electron chi connectivity index (χ0n) is 18.1. The van der Waals surface area contributed by atoms with E-state index in [4.69, 9.17) is 16.7 Å². The van der Waals surface area contributed by atoms with E-state index in [2.05, 4.69) is 15.2 Å². The summed E-state index contributed by atoms with van der Waals surface area (Å²) in [4.78, 5) is 15.0. The molecule has 1 aliphatic rings. The van der Waals surface area contributed by atoms with Crippen LogP contribution in [0, 0.1) is 11.9 Å². The molecule has 2 heterocycles. The number of pyridine rings is 1. The number of benzene rings is 2. The van der Waals surface area contributed by atoms with Gasteiger partial charge in [0.2, 0.25) is 5.95 Å². The summed E-state index contributed by atoms with van der Waals surface area (Å²) in [7, 11) is 0. The number of nitrogens with zero attached hydrogens (tertiary/aromatic N) is 2. The standard InChI is InChI=1S/C27H21ClFN3O2/c28-22-15-30-13-12-20(22)26(17-2-1-3-17)25(18-7-4-16(5-8-18)6-11-24(33)34)19-9-10-23-21(14-19)27(29)32-31-23/h4-15,17H,1-3H2,(H,31,32)(H,33,34)/b11-6+,26-25+. The van der Waals surface area contributed by atoms with Gasteiger partial charge in [0.25, 0.3) is 0 Å². The maximum absolute atomic E-state index is 14.4. The van der Waals surface area contributed by atoms with E-state index in [1.165, 1.54) is 0 Å². The summed E-state index contributed by atoms with van der Waals surface area (Å²) in [6, 6.07) is 15.2. The Morgan fingerprint density at radius 3 is 2.56 bits per heavy atom. The van der Waals surface area contributed by atoms with Gasteiger partial charge in [-0.15, -0.1) is 0 Å². The van der Waals surface area contributed by atoms with Gasteiger partial charge in [0.15, 0.2) is 0 Å². The topological polar surface area (TPSA) is 78.9 Å². The van der Waals surface area contributed by atoms with Crippen LogP contribution in [0.5, 0.6) is 0 Å². The molecule has 7 heteroatoms. The molecule has 2 N–H and O–H groups in total. The molecule has 0 aliphatic heterocycles. The van der Waals surface area contributed by atoms with Crippen LogP contribution in [0.1, 0.15) is 41.5 Å². The van der Waals surface area contributed by atoms with E-state index in [0.29, 0.717) is 21.8 Å². The smallest absolute Gasteiger partial charge is 0.328 e. The van der Waals surface area contributed by atoms with Crippen LogP contribution in [0.25, 0.3) is 28.1 Å². The van der Waals surface area contributed by atoms with Gasteiger partial charge in [0.1, 0.15) is 0 Å². The van der Waals surface area contributed by atoms with Crippen LogP contribution < -0.4 is 0 Å². The highest BCUT2D eigenvalue weighted by Crippen LogP contribution is 2.46. The summed E-state index contributed by atoms with van der Waals surface area (Å²) in [6.07, 6.45) is 9.26. The van der Waals surface area contributed by atoms with E-state index in [0.717, 1.165) is 58.7 Å². The molecule has 0 radical (unpaired) electrons. The Labute approximate surface area is 200 Å². The molecule has 1 fully saturated rings. The van der Waals surface area contributed by atoms with Crippen molar-refractivity contribution in [2.24, 2.45) is 5.92 Å². The molecule has 1 aliphatic carbocycles. The molecular formula is C27H21ClFN3O2. The maximum Gasteiger partial charge on any atom is 0.328 e. The van der Waals surface area contributed by atoms with Crippen LogP contribution in [0.4, 0.5) is 4.39 Å². The van der Waals surface area contributed by atoms with Gasteiger partial charge < -0.3 is 5.11 Å². The first-order valence-electron chi connectivity index (χ1n) is 11.0. The van der Waals surface area contributed by atoms with Crippen LogP contribution in [-0.2, 0) is 4.79 Å². The number of carbonyl (C=O) groups is 1. The second-order valence-corrected chi connectivity index (χ2v) is 8.74. The Bertz CT molecular complexity index is 1440. The third-order valence-electron chi connectivity index (χ3n) is 6.26. The molecule has 0 spiro atoms. The van der Waals surface area contributed by atoms with E-state index in [1.807, 2.05) is 42.5 Å². The van der Waals surface area contributed by atoms with Crippen LogP contribution in [0.15, 0.2) is 67.0 Å². The molecule has 4 aromatic rings. The van der Waals surface area contributed by atoms with Crippen molar-refractivity contribution in [1.29, 1.82) is 0 Å². The molecule has 0 bridgehead atoms. The minimum Gasteiger partial charge on any atom is -0.478 e. The van der Waals surface area contributed by atoms with Crippen molar-refractivity contribution in [2.75, 3.05) is 0 Å². The first-order valence-corrected chi connectivity index (χ1v) is 11.4. The monoisotopic (exact) mass is 473 g/mol. The van der Waals surface area contributed by atoms with Crippen LogP contribution in [-0.4, -0.2) is 26.3 Å². The lowest BCUT2D eigenvalue weighted by atomic mass is 9.73. The minimum atomic E-state index is -1.00. The molecule has 5 nitrogen and oxygen atoms in total. The van der Waals surface area contributed by atoms with Gasteiger partial charge in [0, 0.05) is 24.0 Å². The Balaban J connectivity index is 1.76. The summed E-state index contributed by atoms with van der Waals surface area (Å²) >= 11 is 6.63. The summed E-state index contributed by atoms with van der Waals surface area (Å²) in [5, 5.41) is 16.3. The lowest BCUT2D eigenvalue weighted by Crippen LogP contribution is -2.15. The highest BCUT2D eigenvalue weighted by Gasteiger charge is 2.28. The summed E-state index contributed by atoms with van der Waals surface area (Å²) in [5.41, 5.74) is 6.11. The molecule has 1 saturated carbocycles. The second-order valence-electron chi connectivity index (χ2n) is 8.34. The fourth-order valence-corrected chi connectivity index (χ4v) is 4.61. The van der Waals surface area contributed by atoms with Gasteiger partial charge in [-0.2, -0.15) is 9.49 Å². The van der Waals surface area contributed by atoms with Crippen molar-refractivity contribution in [2.45, 2.75) is 19.3 Å². The fraction of sp³-hybridized carbons (Fsp3) is 0.148. The molecule has 2 aromatic heterocycles. The molecular weight excluding hydrogens is 453 g/mol. The molecule has 34 heavy (non-hydrogen) atoms. The predicted molar refractivity (Wildman–Crippen MR) is 132 cm³/mol. The van der Waals surface area contributed by atoms with E-state index in [-0.39, 0.29) is 0 Å². The van der Waals surface area contributed by atoms with Crippen molar-refractivity contribution >= 4 is 45.7 Å². The van der Waals surface area contributed by atoms with Gasteiger partial charge >= 0.3 is 5.97 Å². The molecule has 170 valence electrons. The SMILES string of the molecule is O=C(O)/C=C/c1ccc(/C(=C(\c2ccncc2Cl)C2CCC2)c2ccc3n[nH]c(F)c3c2)cc1. The number of halogens is 2. The minimum absolute atomic E-state index is 0.311. The first-order chi connectivity index (χ1) is 16.5. The van der Waals surface area contributed by atoms with Crippen molar-refractivity contribution < 1.29 is 14.3 Å². The van der Waals surface area contributed by atoms with Crippen molar-refractivity contribution in [3.8, 4) is 0 Å². The van der Waals surface area contributed by atoms with Crippen molar-refractivity contribution in [1.82, 2.24) is 15.2 Å². The maximum atomic E-state index is 14.4. The quantitative estimate of drug-likeness (QED) is 0.309. The molecule has 0 atom stereocenters. The number of hydrogen-bond acceptors (Lipinski definition) is 3. The van der Waals surface area contributed by atoms with Crippen LogP contribution in [0.2, 0.25) is 5.02 Å². The van der Waals surface area contributed by atoms with Crippen LogP contribution in [0.3, 0.4) is 0 Å². The summed E-state index contributed by atoms with van der Waals surface area (Å²) in [6.45, 7) is 0. The molecule has 0 saturated heterocycles. The van der Waals surface area contributed by atoms with Crippen molar-refractivity contribution in [3.63, 3.8) is 0 Å². The summed E-state index contributed by atoms with van der Waals surface area (Å²) < 4.78 is 14.4. The number of fused-ring (bicyclic) bond motifs is 1. The number of carboxylic acids is 1. The second kappa shape index (κ2) is 9.23. The number of rotatable bonds is 6. The Kier molecular flexibility index (Phi) is 5.99. The molecule has 2 aromatic carbocycles. The number of aromatic nitrogens is 3. The van der Waals surface area contributed by atoms with Crippen LogP contribution >= 0.6 is 11.6 Å². The number of hydrogen-bond donors (Lipinski definition) is 2. The van der Waals surface area contributed by atoms with Gasteiger partial charge in [-0.3, -0.25) is 10.1 Å². The average molecular weight is 474 g/mol. The Morgan fingerprint density at radius 1 is 1.12 bits per heavy atom. The largest absolute Gasteiger partial charge is 0.478 e. The van der Waals surface area contributed by atoms with E-state index >= 15 is 0 Å². The number of H-pyrrole nitrogens is 1. The van der Waals surface area contributed by atoms with E-state index < -0.39 is 11.9 Å². The number of aliphatic carboxylic acids is 1. The lowest BCUT2D eigenvalue weighted by Gasteiger charge is -2.32. The Morgan fingerprint density at radius 2 is 1.88 bits per heavy atom. The third kappa shape index (κ3) is 4.24. The zero-order chi connectivity index (χ0) is 23.7. The summed E-state index contributed by atoms with van der Waals surface area (Å²) in [5.74, 6) is -1.16. The van der Waals surface area contributed by atoms with E-state index in [9.17, 15) is 9.18 Å². The molecule has 0 unspecified atom stereocenters. The number of nitrogens with one attached hydrogen (secondary N) is 1. The number of carboxylic acid groups (broad SMARTS) is 1.